The lowest BCUT2D eigenvalue weighted by Crippen LogP contribution is -2.55. The molecule has 4 aromatic rings. The molecule has 0 bridgehead atoms. The number of piperidine rings is 1. The number of morpholine rings is 1. The summed E-state index contributed by atoms with van der Waals surface area (Å²) in [4.78, 5) is 32.1. The van der Waals surface area contributed by atoms with Gasteiger partial charge in [-0.15, -0.1) is 11.3 Å². The molecule has 2 atom stereocenters. The largest absolute Gasteiger partial charge is 0.371 e. The number of ether oxygens (including phenoxy) is 1. The van der Waals surface area contributed by atoms with Crippen molar-refractivity contribution in [2.24, 2.45) is 0 Å². The Labute approximate surface area is 218 Å². The number of H-pyrrole nitrogens is 1. The molecule has 6 heterocycles. The third-order valence-electron chi connectivity index (χ3n) is 8.13. The van der Waals surface area contributed by atoms with Crippen LogP contribution >= 0.6 is 11.3 Å². The van der Waals surface area contributed by atoms with Gasteiger partial charge in [-0.05, 0) is 37.1 Å². The van der Waals surface area contributed by atoms with Crippen LogP contribution in [-0.4, -0.2) is 80.9 Å². The number of carbonyl (C=O) groups excluding carboxylic acids is 1. The van der Waals surface area contributed by atoms with Crippen molar-refractivity contribution in [3.05, 3.63) is 59.2 Å². The highest BCUT2D eigenvalue weighted by Crippen LogP contribution is 2.39. The third-order valence-corrected chi connectivity index (χ3v) is 9.23. The number of aromatic nitrogens is 3. The topological polar surface area (TPSA) is 77.6 Å². The number of thiophene rings is 1. The van der Waals surface area contributed by atoms with Crippen molar-refractivity contribution >= 4 is 38.4 Å². The van der Waals surface area contributed by atoms with Gasteiger partial charge in [-0.2, -0.15) is 0 Å². The highest BCUT2D eigenvalue weighted by Gasteiger charge is 2.39. The molecule has 3 saturated heterocycles. The van der Waals surface area contributed by atoms with Crippen molar-refractivity contribution in [1.82, 2.24) is 29.7 Å². The van der Waals surface area contributed by atoms with Crippen molar-refractivity contribution in [2.45, 2.75) is 37.6 Å². The van der Waals surface area contributed by atoms with E-state index in [0.29, 0.717) is 31.2 Å². The molecule has 1 amide bonds. The van der Waals surface area contributed by atoms with E-state index in [4.69, 9.17) is 4.74 Å². The minimum Gasteiger partial charge on any atom is -0.371 e. The molecule has 37 heavy (non-hydrogen) atoms. The van der Waals surface area contributed by atoms with Crippen LogP contribution in [0.15, 0.2) is 43.0 Å². The molecular formula is C27H29FN6O2S. The molecule has 2 unspecified atom stereocenters. The van der Waals surface area contributed by atoms with E-state index in [1.54, 1.807) is 23.7 Å². The van der Waals surface area contributed by atoms with Gasteiger partial charge in [0.25, 0.3) is 0 Å². The van der Waals surface area contributed by atoms with Gasteiger partial charge in [-0.1, -0.05) is 0 Å². The first-order valence-electron chi connectivity index (χ1n) is 13.0. The summed E-state index contributed by atoms with van der Waals surface area (Å²) < 4.78 is 22.4. The minimum absolute atomic E-state index is 0.0344. The molecule has 7 rings (SSSR count). The maximum Gasteiger partial charge on any atom is 0.224 e. The van der Waals surface area contributed by atoms with Gasteiger partial charge < -0.3 is 14.6 Å². The number of likely N-dealkylation sites (tertiary alicyclic amines) is 2. The predicted octanol–water partition coefficient (Wildman–Crippen LogP) is 4.08. The normalized spacial score (nSPS) is 23.1. The van der Waals surface area contributed by atoms with Crippen molar-refractivity contribution in [3.8, 4) is 0 Å². The summed E-state index contributed by atoms with van der Waals surface area (Å²) in [6.45, 7) is 4.59. The van der Waals surface area contributed by atoms with Gasteiger partial charge in [-0.25, -0.2) is 14.4 Å². The zero-order valence-electron chi connectivity index (χ0n) is 20.5. The molecule has 1 aromatic carbocycles. The lowest BCUT2D eigenvalue weighted by atomic mass is 9.98. The van der Waals surface area contributed by atoms with E-state index in [1.165, 1.54) is 10.9 Å². The number of halogens is 1. The molecule has 3 aliphatic rings. The Hall–Kier alpha value is -2.92. The van der Waals surface area contributed by atoms with Gasteiger partial charge >= 0.3 is 0 Å². The smallest absolute Gasteiger partial charge is 0.224 e. The van der Waals surface area contributed by atoms with Crippen LogP contribution in [0.4, 0.5) is 4.39 Å². The number of aromatic amines is 1. The number of hydrogen-bond acceptors (Lipinski definition) is 7. The SMILES string of the molecule is O=C1CCN1C1CCN(C(c2cc3ncncc3s2)N2CCOC(c3c(F)ccc4[nH]ccc34)C2)CC1. The van der Waals surface area contributed by atoms with E-state index >= 15 is 4.39 Å². The highest BCUT2D eigenvalue weighted by molar-refractivity contribution is 7.19. The second kappa shape index (κ2) is 9.43. The molecule has 0 saturated carbocycles. The zero-order chi connectivity index (χ0) is 24.9. The standard InChI is InChI=1S/C27H29FN6O2S/c28-19-1-2-20-18(3-7-30-20)26(19)22-15-33(11-12-36-22)27(23-13-21-24(37-23)14-29-16-31-21)32-8-4-17(5-9-32)34-10-6-25(34)35/h1-3,7,13-14,16-17,22,27,30H,4-6,8-12,15H2. The quantitative estimate of drug-likeness (QED) is 0.400. The first-order valence-corrected chi connectivity index (χ1v) is 13.8. The fourth-order valence-electron chi connectivity index (χ4n) is 6.21. The number of amides is 1. The number of benzene rings is 1. The molecular weight excluding hydrogens is 491 g/mol. The maximum absolute atomic E-state index is 15.1. The summed E-state index contributed by atoms with van der Waals surface area (Å²) in [5.41, 5.74) is 2.49. The Morgan fingerprint density at radius 3 is 2.81 bits per heavy atom. The van der Waals surface area contributed by atoms with Crippen molar-refractivity contribution < 1.29 is 13.9 Å². The number of nitrogens with one attached hydrogen (secondary N) is 1. The van der Waals surface area contributed by atoms with Gasteiger partial charge in [0.1, 0.15) is 12.1 Å². The fraction of sp³-hybridized carbons (Fsp3) is 0.444. The molecule has 8 nitrogen and oxygen atoms in total. The van der Waals surface area contributed by atoms with Crippen LogP contribution in [0.25, 0.3) is 21.1 Å². The molecule has 192 valence electrons. The van der Waals surface area contributed by atoms with E-state index in [0.717, 1.165) is 60.1 Å². The number of β-lactam (4-membered cyclic amide) rings is 1. The van der Waals surface area contributed by atoms with Gasteiger partial charge in [0.05, 0.1) is 29.1 Å². The molecule has 3 fully saturated rings. The van der Waals surface area contributed by atoms with Crippen molar-refractivity contribution in [1.29, 1.82) is 0 Å². The highest BCUT2D eigenvalue weighted by atomic mass is 32.1. The number of rotatable bonds is 5. The van der Waals surface area contributed by atoms with Crippen LogP contribution in [0.1, 0.15) is 42.0 Å². The van der Waals surface area contributed by atoms with E-state index in [9.17, 15) is 4.79 Å². The average Bonchev–Trinajstić information content (AvgIpc) is 3.56. The third kappa shape index (κ3) is 4.12. The molecule has 0 aliphatic carbocycles. The van der Waals surface area contributed by atoms with Crippen molar-refractivity contribution in [2.75, 3.05) is 39.3 Å². The Morgan fingerprint density at radius 1 is 1.14 bits per heavy atom. The first kappa shape index (κ1) is 23.2. The van der Waals surface area contributed by atoms with Gasteiger partial charge in [0.2, 0.25) is 5.91 Å². The van der Waals surface area contributed by atoms with Crippen LogP contribution < -0.4 is 0 Å². The fourth-order valence-corrected chi connectivity index (χ4v) is 7.36. The second-order valence-electron chi connectivity index (χ2n) is 10.2. The molecule has 3 aromatic heterocycles. The van der Waals surface area contributed by atoms with E-state index in [-0.39, 0.29) is 24.0 Å². The lowest BCUT2D eigenvalue weighted by molar-refractivity contribution is -0.145. The Balaban J connectivity index is 1.20. The summed E-state index contributed by atoms with van der Waals surface area (Å²) in [5, 5.41) is 0.876. The number of nitrogens with zero attached hydrogens (tertiary/aromatic N) is 5. The second-order valence-corrected chi connectivity index (χ2v) is 11.3. The van der Waals surface area contributed by atoms with Crippen LogP contribution in [0, 0.1) is 5.82 Å². The monoisotopic (exact) mass is 520 g/mol. The maximum atomic E-state index is 15.1. The molecule has 0 spiro atoms. The summed E-state index contributed by atoms with van der Waals surface area (Å²) in [7, 11) is 0. The summed E-state index contributed by atoms with van der Waals surface area (Å²) in [5.74, 6) is 0.0581. The summed E-state index contributed by atoms with van der Waals surface area (Å²) >= 11 is 1.73. The van der Waals surface area contributed by atoms with Gasteiger partial charge in [0, 0.05) is 78.9 Å². The summed E-state index contributed by atoms with van der Waals surface area (Å²) in [6.07, 6.45) is 7.62. The predicted molar refractivity (Wildman–Crippen MR) is 140 cm³/mol. The zero-order valence-corrected chi connectivity index (χ0v) is 21.3. The molecule has 3 aliphatic heterocycles. The van der Waals surface area contributed by atoms with Crippen LogP contribution in [0.2, 0.25) is 0 Å². The van der Waals surface area contributed by atoms with Crippen LogP contribution in [0.5, 0.6) is 0 Å². The summed E-state index contributed by atoms with van der Waals surface area (Å²) in [6, 6.07) is 7.75. The Morgan fingerprint density at radius 2 is 2.03 bits per heavy atom. The molecule has 10 heteroatoms. The number of carbonyl (C=O) groups is 1. The van der Waals surface area contributed by atoms with Gasteiger partial charge in [0.15, 0.2) is 0 Å². The van der Waals surface area contributed by atoms with Crippen molar-refractivity contribution in [3.63, 3.8) is 0 Å². The van der Waals surface area contributed by atoms with E-state index in [2.05, 4.69) is 30.8 Å². The van der Waals surface area contributed by atoms with Gasteiger partial charge in [-0.3, -0.25) is 14.6 Å². The van der Waals surface area contributed by atoms with E-state index < -0.39 is 0 Å². The first-order chi connectivity index (χ1) is 18.2. The lowest BCUT2D eigenvalue weighted by Gasteiger charge is -2.48. The Kier molecular flexibility index (Phi) is 5.92. The number of fused-ring (bicyclic) bond motifs is 2. The van der Waals surface area contributed by atoms with Crippen LogP contribution in [0.3, 0.4) is 0 Å². The Bertz CT molecular complexity index is 1410. The minimum atomic E-state index is -0.360. The van der Waals surface area contributed by atoms with Crippen LogP contribution in [-0.2, 0) is 9.53 Å². The average molecular weight is 521 g/mol. The molecule has 1 N–H and O–H groups in total. The van der Waals surface area contributed by atoms with E-state index in [1.807, 2.05) is 23.4 Å². The molecule has 0 radical (unpaired) electrons. The number of hydrogen-bond donors (Lipinski definition) is 1.